The van der Waals surface area contributed by atoms with Crippen molar-refractivity contribution >= 4 is 12.4 Å². The van der Waals surface area contributed by atoms with Gasteiger partial charge >= 0.3 is 0 Å². The van der Waals surface area contributed by atoms with Gasteiger partial charge in [-0.15, -0.1) is 12.4 Å². The van der Waals surface area contributed by atoms with E-state index in [1.54, 1.807) is 0 Å². The molecule has 1 nitrogen and oxygen atoms in total. The van der Waals surface area contributed by atoms with E-state index in [4.69, 9.17) is 0 Å². The highest BCUT2D eigenvalue weighted by Crippen LogP contribution is 2.22. The maximum atomic E-state index is 3.43. The summed E-state index contributed by atoms with van der Waals surface area (Å²) in [6.07, 6.45) is 3.87. The highest BCUT2D eigenvalue weighted by atomic mass is 35.5. The second-order valence-electron chi connectivity index (χ2n) is 5.46. The van der Waals surface area contributed by atoms with Crippen LogP contribution in [0.25, 0.3) is 11.1 Å². The molecule has 0 aliphatic carbocycles. The van der Waals surface area contributed by atoms with Gasteiger partial charge in [0.2, 0.25) is 0 Å². The van der Waals surface area contributed by atoms with Gasteiger partial charge in [-0.3, -0.25) is 0 Å². The van der Waals surface area contributed by atoms with Crippen LogP contribution in [0.4, 0.5) is 0 Å². The van der Waals surface area contributed by atoms with Crippen molar-refractivity contribution in [3.63, 3.8) is 0 Å². The fourth-order valence-corrected chi connectivity index (χ4v) is 2.88. The second-order valence-corrected chi connectivity index (χ2v) is 5.46. The van der Waals surface area contributed by atoms with Gasteiger partial charge < -0.3 is 5.32 Å². The van der Waals surface area contributed by atoms with Crippen molar-refractivity contribution in [2.24, 2.45) is 5.92 Å². The van der Waals surface area contributed by atoms with E-state index in [0.717, 1.165) is 5.92 Å². The Hall–Kier alpha value is -1.31. The number of hydrogen-bond acceptors (Lipinski definition) is 1. The van der Waals surface area contributed by atoms with Crippen LogP contribution in [0.3, 0.4) is 0 Å². The lowest BCUT2D eigenvalue weighted by Crippen LogP contribution is -2.28. The molecule has 106 valence electrons. The van der Waals surface area contributed by atoms with Crippen molar-refractivity contribution in [3.8, 4) is 11.1 Å². The molecule has 1 saturated heterocycles. The molecule has 0 spiro atoms. The zero-order valence-electron chi connectivity index (χ0n) is 11.7. The standard InChI is InChI=1S/C18H21N.ClH/c1-2-4-17(5-3-1)18-8-6-15(7-9-18)14-16-10-12-19-13-11-16;/h1-9,16,19H,10-14H2;1H. The zero-order valence-corrected chi connectivity index (χ0v) is 12.5. The smallest absolute Gasteiger partial charge is 0.00462 e. The van der Waals surface area contributed by atoms with E-state index in [1.807, 2.05) is 0 Å². The summed E-state index contributed by atoms with van der Waals surface area (Å²) in [5.74, 6) is 0.865. The van der Waals surface area contributed by atoms with E-state index in [9.17, 15) is 0 Å². The maximum Gasteiger partial charge on any atom is -0.00462 e. The molecule has 20 heavy (non-hydrogen) atoms. The number of rotatable bonds is 3. The summed E-state index contributed by atoms with van der Waals surface area (Å²) in [6, 6.07) is 19.7. The molecule has 0 bridgehead atoms. The molecule has 1 aliphatic rings. The van der Waals surface area contributed by atoms with E-state index < -0.39 is 0 Å². The molecule has 3 rings (SSSR count). The average Bonchev–Trinajstić information content (AvgIpc) is 2.50. The minimum absolute atomic E-state index is 0. The molecule has 0 radical (unpaired) electrons. The van der Waals surface area contributed by atoms with Gasteiger partial charge in [-0.2, -0.15) is 0 Å². The first-order valence-electron chi connectivity index (χ1n) is 7.27. The molecule has 0 atom stereocenters. The van der Waals surface area contributed by atoms with Gasteiger partial charge in [0.15, 0.2) is 0 Å². The molecule has 1 aliphatic heterocycles. The summed E-state index contributed by atoms with van der Waals surface area (Å²) in [7, 11) is 0. The van der Waals surface area contributed by atoms with Crippen LogP contribution < -0.4 is 5.32 Å². The van der Waals surface area contributed by atoms with E-state index in [0.29, 0.717) is 0 Å². The monoisotopic (exact) mass is 287 g/mol. The first-order chi connectivity index (χ1) is 9.42. The third-order valence-electron chi connectivity index (χ3n) is 4.04. The van der Waals surface area contributed by atoms with E-state index in [2.05, 4.69) is 59.9 Å². The third kappa shape index (κ3) is 3.84. The van der Waals surface area contributed by atoms with Crippen molar-refractivity contribution in [2.75, 3.05) is 13.1 Å². The summed E-state index contributed by atoms with van der Waals surface area (Å²) >= 11 is 0. The van der Waals surface area contributed by atoms with Crippen LogP contribution in [0.2, 0.25) is 0 Å². The number of hydrogen-bond donors (Lipinski definition) is 1. The number of nitrogens with one attached hydrogen (secondary N) is 1. The number of benzene rings is 2. The minimum Gasteiger partial charge on any atom is -0.317 e. The van der Waals surface area contributed by atoms with Crippen LogP contribution in [0.15, 0.2) is 54.6 Å². The molecule has 2 heteroatoms. The normalized spacial score (nSPS) is 15.6. The average molecular weight is 288 g/mol. The molecule has 1 fully saturated rings. The molecule has 0 amide bonds. The van der Waals surface area contributed by atoms with Gasteiger partial charge in [0.25, 0.3) is 0 Å². The predicted molar refractivity (Wildman–Crippen MR) is 88.4 cm³/mol. The number of halogens is 1. The third-order valence-corrected chi connectivity index (χ3v) is 4.04. The predicted octanol–water partition coefficient (Wildman–Crippen LogP) is 4.32. The fourth-order valence-electron chi connectivity index (χ4n) is 2.88. The van der Waals surface area contributed by atoms with Gasteiger partial charge in [-0.1, -0.05) is 54.6 Å². The van der Waals surface area contributed by atoms with Crippen molar-refractivity contribution < 1.29 is 0 Å². The van der Waals surface area contributed by atoms with Crippen LogP contribution in [-0.4, -0.2) is 13.1 Å². The summed E-state index contributed by atoms with van der Waals surface area (Å²) in [5, 5.41) is 3.43. The molecule has 2 aromatic carbocycles. The highest BCUT2D eigenvalue weighted by molar-refractivity contribution is 5.85. The Morgan fingerprint density at radius 2 is 1.40 bits per heavy atom. The highest BCUT2D eigenvalue weighted by Gasteiger charge is 2.13. The van der Waals surface area contributed by atoms with Gasteiger partial charge in [-0.05, 0) is 55.0 Å². The molecular formula is C18H22ClN. The Labute approximate surface area is 127 Å². The Kier molecular flexibility index (Phi) is 5.63. The van der Waals surface area contributed by atoms with Gasteiger partial charge in [0, 0.05) is 0 Å². The maximum absolute atomic E-state index is 3.43. The first kappa shape index (κ1) is 15.1. The molecule has 1 N–H and O–H groups in total. The molecule has 0 saturated carbocycles. The Morgan fingerprint density at radius 1 is 0.800 bits per heavy atom. The Balaban J connectivity index is 0.00000147. The molecular weight excluding hydrogens is 266 g/mol. The van der Waals surface area contributed by atoms with Crippen LogP contribution in [0.1, 0.15) is 18.4 Å². The van der Waals surface area contributed by atoms with Crippen molar-refractivity contribution in [3.05, 3.63) is 60.2 Å². The lowest BCUT2D eigenvalue weighted by atomic mass is 9.90. The summed E-state index contributed by atoms with van der Waals surface area (Å²) in [5.41, 5.74) is 4.09. The van der Waals surface area contributed by atoms with E-state index >= 15 is 0 Å². The van der Waals surface area contributed by atoms with Crippen molar-refractivity contribution in [1.82, 2.24) is 5.32 Å². The first-order valence-corrected chi connectivity index (χ1v) is 7.27. The fraction of sp³-hybridized carbons (Fsp3) is 0.333. The van der Waals surface area contributed by atoms with Crippen LogP contribution in [0, 0.1) is 5.92 Å². The molecule has 1 heterocycles. The van der Waals surface area contributed by atoms with E-state index in [1.165, 1.54) is 49.0 Å². The summed E-state index contributed by atoms with van der Waals surface area (Å²) in [6.45, 7) is 2.37. The van der Waals surface area contributed by atoms with Gasteiger partial charge in [0.05, 0.1) is 0 Å². The summed E-state index contributed by atoms with van der Waals surface area (Å²) < 4.78 is 0. The van der Waals surface area contributed by atoms with Crippen LogP contribution in [-0.2, 0) is 6.42 Å². The molecule has 0 unspecified atom stereocenters. The second kappa shape index (κ2) is 7.47. The van der Waals surface area contributed by atoms with Gasteiger partial charge in [0.1, 0.15) is 0 Å². The zero-order chi connectivity index (χ0) is 12.9. The van der Waals surface area contributed by atoms with Crippen molar-refractivity contribution in [1.29, 1.82) is 0 Å². The Morgan fingerprint density at radius 3 is 2.05 bits per heavy atom. The lowest BCUT2D eigenvalue weighted by Gasteiger charge is -2.22. The van der Waals surface area contributed by atoms with Crippen LogP contribution >= 0.6 is 12.4 Å². The Bertz CT molecular complexity index is 501. The van der Waals surface area contributed by atoms with Gasteiger partial charge in [-0.25, -0.2) is 0 Å². The largest absolute Gasteiger partial charge is 0.317 e. The van der Waals surface area contributed by atoms with Crippen LogP contribution in [0.5, 0.6) is 0 Å². The topological polar surface area (TPSA) is 12.0 Å². The summed E-state index contributed by atoms with van der Waals surface area (Å²) in [4.78, 5) is 0. The quantitative estimate of drug-likeness (QED) is 0.887. The van der Waals surface area contributed by atoms with Crippen molar-refractivity contribution in [2.45, 2.75) is 19.3 Å². The minimum atomic E-state index is 0. The lowest BCUT2D eigenvalue weighted by molar-refractivity contribution is 0.372. The number of piperidine rings is 1. The molecule has 0 aromatic heterocycles. The SMILES string of the molecule is Cl.c1ccc(-c2ccc(CC3CCNCC3)cc2)cc1. The van der Waals surface area contributed by atoms with E-state index in [-0.39, 0.29) is 12.4 Å². The molecule has 2 aromatic rings.